The molecule has 0 unspecified atom stereocenters. The van der Waals surface area contributed by atoms with Gasteiger partial charge in [0, 0.05) is 49.5 Å². The summed E-state index contributed by atoms with van der Waals surface area (Å²) in [5.41, 5.74) is 5.87. The van der Waals surface area contributed by atoms with Crippen molar-refractivity contribution in [1.82, 2.24) is 0 Å². The Balaban J connectivity index is 0.00000127. The van der Waals surface area contributed by atoms with Crippen molar-refractivity contribution in [1.29, 1.82) is 0 Å². The Hall–Kier alpha value is -2.01. The molecule has 4 nitrogen and oxygen atoms in total. The molecule has 191 valence electrons. The van der Waals surface area contributed by atoms with Gasteiger partial charge in [-0.1, -0.05) is 59.0 Å². The van der Waals surface area contributed by atoms with Crippen LogP contribution in [-0.2, 0) is 52.2 Å². The van der Waals surface area contributed by atoms with E-state index >= 15 is 0 Å². The number of hydrogen-bond acceptors (Lipinski definition) is 1. The van der Waals surface area contributed by atoms with Crippen LogP contribution in [0.2, 0.25) is 0 Å². The number of rotatable bonds is 4. The normalized spacial score (nSPS) is 19.2. The van der Waals surface area contributed by atoms with Crippen LogP contribution in [-0.4, -0.2) is 23.6 Å². The third-order valence-electron chi connectivity index (χ3n) is 6.89. The van der Waals surface area contributed by atoms with Crippen molar-refractivity contribution >= 4 is 17.4 Å². The molecule has 1 fully saturated rings. The molecule has 3 aromatic rings. The van der Waals surface area contributed by atoms with Crippen LogP contribution < -0.4 is 10.6 Å². The molecular weight excluding hydrogens is 519 g/mol. The zero-order valence-corrected chi connectivity index (χ0v) is 23.2. The van der Waals surface area contributed by atoms with E-state index < -0.39 is 0 Å². The maximum atomic E-state index is 12.5. The molecule has 3 aromatic carbocycles. The van der Waals surface area contributed by atoms with Gasteiger partial charge >= 0.3 is 6.03 Å². The van der Waals surface area contributed by atoms with Crippen LogP contribution in [0.5, 0.6) is 0 Å². The first-order valence-electron chi connectivity index (χ1n) is 12.2. The third-order valence-corrected chi connectivity index (χ3v) is 6.89. The van der Waals surface area contributed by atoms with E-state index in [4.69, 9.17) is 0 Å². The van der Waals surface area contributed by atoms with Gasteiger partial charge in [-0.2, -0.15) is 35.9 Å². The summed E-state index contributed by atoms with van der Waals surface area (Å²) in [7, 11) is 0. The van der Waals surface area contributed by atoms with Crippen molar-refractivity contribution in [3.05, 3.63) is 95.6 Å². The van der Waals surface area contributed by atoms with Crippen LogP contribution in [0.1, 0.15) is 58.2 Å². The van der Waals surface area contributed by atoms with Crippen LogP contribution in [0.3, 0.4) is 0 Å². The number of para-hydroxylation sites is 1. The molecule has 0 aliphatic carbocycles. The molecule has 1 radical (unpaired) electrons. The minimum Gasteiger partial charge on any atom is -0.316 e. The Bertz CT molecular complexity index is 1050. The van der Waals surface area contributed by atoms with Crippen molar-refractivity contribution in [2.45, 2.75) is 61.1 Å². The van der Waals surface area contributed by atoms with Gasteiger partial charge in [0.15, 0.2) is 0 Å². The van der Waals surface area contributed by atoms with Gasteiger partial charge in [0.05, 0.1) is 18.8 Å². The van der Waals surface area contributed by atoms with Gasteiger partial charge in [0.25, 0.3) is 0 Å². The number of piperidine rings is 1. The quantitative estimate of drug-likeness (QED) is 0.246. The fraction of sp³-hybridized carbons (Fsp3) is 0.387. The number of benzene rings is 3. The van der Waals surface area contributed by atoms with E-state index in [1.807, 2.05) is 62.4 Å². The van der Waals surface area contributed by atoms with E-state index in [1.165, 1.54) is 49.0 Å². The second kappa shape index (κ2) is 15.3. The number of fused-ring (bicyclic) bond motifs is 1. The standard InChI is InChI=1S/C27H29N3O.C2H6.2CH4.Y/c31-27(28-24-11-5-2-6-12-24)29-26-13-7-10-23-19-30(20-25(23)26)16-14-22(15-17-30)18-21-8-3-1-4-9-21;1-2;;;/h2-13,22H,14-20H2,(H2,28,29,31);1-2H3;2*1H4;. The fourth-order valence-electron chi connectivity index (χ4n) is 5.23. The summed E-state index contributed by atoms with van der Waals surface area (Å²) in [6.07, 6.45) is 3.71. The van der Waals surface area contributed by atoms with Crippen LogP contribution in [0.4, 0.5) is 16.2 Å². The predicted octanol–water partition coefficient (Wildman–Crippen LogP) is 7.91. The van der Waals surface area contributed by atoms with Crippen molar-refractivity contribution in [2.24, 2.45) is 5.92 Å². The van der Waals surface area contributed by atoms with Crippen LogP contribution in [0.15, 0.2) is 72.8 Å². The number of nitrogens with zero attached hydrogens (tertiary/aromatic N) is 1. The van der Waals surface area contributed by atoms with Crippen LogP contribution in [0.25, 0.3) is 0 Å². The van der Waals surface area contributed by atoms with E-state index in [2.05, 4.69) is 41.0 Å². The average Bonchev–Trinajstić information content (AvgIpc) is 3.22. The topological polar surface area (TPSA) is 41.1 Å². The molecule has 5 rings (SSSR count). The molecule has 2 aliphatic heterocycles. The summed E-state index contributed by atoms with van der Waals surface area (Å²) in [5, 5.41) is 6.02. The van der Waals surface area contributed by atoms with E-state index in [0.717, 1.165) is 34.9 Å². The first-order chi connectivity index (χ1) is 16.2. The predicted molar refractivity (Wildman–Crippen MR) is 149 cm³/mol. The fourth-order valence-corrected chi connectivity index (χ4v) is 5.23. The van der Waals surface area contributed by atoms with Gasteiger partial charge in [-0.05, 0) is 43.4 Å². The monoisotopic (exact) mass is 562 g/mol. The van der Waals surface area contributed by atoms with Gasteiger partial charge < -0.3 is 15.1 Å². The number of hydrogen-bond donors (Lipinski definition) is 2. The Morgan fingerprint density at radius 3 is 2.22 bits per heavy atom. The molecule has 0 saturated carbocycles. The summed E-state index contributed by atoms with van der Waals surface area (Å²) in [5.74, 6) is 0.768. The number of quaternary nitrogens is 1. The Labute approximate surface area is 244 Å². The van der Waals surface area contributed by atoms with Crippen LogP contribution >= 0.6 is 0 Å². The molecule has 36 heavy (non-hydrogen) atoms. The van der Waals surface area contributed by atoms with Crippen molar-refractivity contribution in [3.63, 3.8) is 0 Å². The van der Waals surface area contributed by atoms with E-state index in [0.29, 0.717) is 0 Å². The smallest absolute Gasteiger partial charge is 0.316 e. The van der Waals surface area contributed by atoms with Gasteiger partial charge in [-0.25, -0.2) is 4.79 Å². The minimum atomic E-state index is -0.183. The molecule has 2 N–H and O–H groups in total. The molecule has 2 aliphatic rings. The number of carbonyl (C=O) groups excluding carboxylic acids is 1. The maximum absolute atomic E-state index is 12.5. The summed E-state index contributed by atoms with van der Waals surface area (Å²) in [4.78, 5) is 12.5. The molecule has 1 saturated heterocycles. The van der Waals surface area contributed by atoms with Crippen LogP contribution in [0, 0.1) is 12.0 Å². The Morgan fingerprint density at radius 2 is 1.56 bits per heavy atom. The second-order valence-electron chi connectivity index (χ2n) is 9.05. The van der Waals surface area contributed by atoms with Crippen molar-refractivity contribution < 1.29 is 42.0 Å². The molecule has 0 aromatic heterocycles. The number of amides is 2. The van der Waals surface area contributed by atoms with E-state index in [-0.39, 0.29) is 53.6 Å². The summed E-state index contributed by atoms with van der Waals surface area (Å²) < 4.78 is 1.13. The summed E-state index contributed by atoms with van der Waals surface area (Å²) in [6, 6.07) is 27.3. The molecular formula is C31H43N3OY. The van der Waals surface area contributed by atoms with Gasteiger partial charge in [0.2, 0.25) is 0 Å². The Kier molecular flexibility index (Phi) is 13.6. The summed E-state index contributed by atoms with van der Waals surface area (Å²) in [6.45, 7) is 8.53. The Morgan fingerprint density at radius 1 is 0.889 bits per heavy atom. The largest absolute Gasteiger partial charge is 0.323 e. The van der Waals surface area contributed by atoms with Gasteiger partial charge in [-0.15, -0.1) is 0 Å². The first-order valence-corrected chi connectivity index (χ1v) is 12.2. The van der Waals surface area contributed by atoms with E-state index in [9.17, 15) is 4.79 Å². The minimum absolute atomic E-state index is 0. The second-order valence-corrected chi connectivity index (χ2v) is 9.05. The molecule has 0 atom stereocenters. The van der Waals surface area contributed by atoms with Gasteiger partial charge in [0.1, 0.15) is 13.1 Å². The van der Waals surface area contributed by atoms with Gasteiger partial charge in [-0.3, -0.25) is 0 Å². The number of urea groups is 1. The zero-order chi connectivity index (χ0) is 23.1. The average molecular weight is 563 g/mol. The number of nitrogens with one attached hydrogen (secondary N) is 2. The third kappa shape index (κ3) is 8.00. The first kappa shape index (κ1) is 32.0. The molecule has 2 amide bonds. The molecule has 0 bridgehead atoms. The molecule has 1 spiro atoms. The van der Waals surface area contributed by atoms with E-state index in [1.54, 1.807) is 0 Å². The summed E-state index contributed by atoms with van der Waals surface area (Å²) >= 11 is 0. The number of carbonyl (C=O) groups is 1. The molecule has 5 heteroatoms. The zero-order valence-electron chi connectivity index (χ0n) is 20.4. The molecule has 2 heterocycles. The van der Waals surface area contributed by atoms with Crippen molar-refractivity contribution in [3.8, 4) is 0 Å². The van der Waals surface area contributed by atoms with Crippen molar-refractivity contribution in [2.75, 3.05) is 23.7 Å². The number of anilines is 2. The SMILES string of the molecule is C.C.CC.O=C(Nc1ccccc1)Nc1cccc2c1C[N+]1(CCC(Cc3cc[c-]cc3)CC1)C2.[Y]. The maximum Gasteiger partial charge on any atom is 0.323 e.